The number of esters is 1. The number of ether oxygens (including phenoxy) is 2. The number of halogens is 1. The van der Waals surface area contributed by atoms with Crippen molar-refractivity contribution in [1.29, 1.82) is 5.26 Å². The van der Waals surface area contributed by atoms with E-state index in [1.54, 1.807) is 43.8 Å². The van der Waals surface area contributed by atoms with E-state index in [4.69, 9.17) is 26.8 Å². The molecule has 0 spiro atoms. The highest BCUT2D eigenvalue weighted by Gasteiger charge is 2.16. The summed E-state index contributed by atoms with van der Waals surface area (Å²) in [5, 5.41) is 14.7. The van der Waals surface area contributed by atoms with Gasteiger partial charge < -0.3 is 15.2 Å². The van der Waals surface area contributed by atoms with Crippen LogP contribution in [-0.2, 0) is 16.1 Å². The van der Waals surface area contributed by atoms with Crippen molar-refractivity contribution >= 4 is 40.2 Å². The molecule has 3 aromatic rings. The van der Waals surface area contributed by atoms with E-state index >= 15 is 0 Å². The third-order valence-corrected chi connectivity index (χ3v) is 5.16. The van der Waals surface area contributed by atoms with Gasteiger partial charge in [-0.1, -0.05) is 11.6 Å². The van der Waals surface area contributed by atoms with Crippen molar-refractivity contribution < 1.29 is 19.1 Å². The molecule has 0 aliphatic heterocycles. The molecule has 0 fully saturated rings. The number of hydrogen-bond acceptors (Lipinski definition) is 7. The van der Waals surface area contributed by atoms with E-state index in [1.807, 2.05) is 6.07 Å². The molecule has 3 rings (SSSR count). The molecule has 11 heteroatoms. The van der Waals surface area contributed by atoms with Crippen molar-refractivity contribution in [2.45, 2.75) is 46.3 Å². The minimum absolute atomic E-state index is 0.0852. The summed E-state index contributed by atoms with van der Waals surface area (Å²) in [7, 11) is 0. The largest absolute Gasteiger partial charge is 0.474 e. The fourth-order valence-electron chi connectivity index (χ4n) is 3.28. The number of nitriles is 1. The van der Waals surface area contributed by atoms with E-state index in [0.717, 1.165) is 10.9 Å². The van der Waals surface area contributed by atoms with Gasteiger partial charge in [0, 0.05) is 30.1 Å². The SMILES string of the molecule is CCOC(=O)CCCn1ncc2cc(C(N)=NC(=O)c3cnc(OC(C)C)c(C#N)c3)c(Cl)cc21. The highest BCUT2D eigenvalue weighted by atomic mass is 35.5. The van der Waals surface area contributed by atoms with Crippen LogP contribution in [0.3, 0.4) is 0 Å². The van der Waals surface area contributed by atoms with Gasteiger partial charge in [0.2, 0.25) is 5.88 Å². The third-order valence-electron chi connectivity index (χ3n) is 4.85. The zero-order valence-electron chi connectivity index (χ0n) is 19.6. The number of hydrogen-bond donors (Lipinski definition) is 1. The average Bonchev–Trinajstić information content (AvgIpc) is 3.20. The molecule has 1 amide bonds. The zero-order valence-corrected chi connectivity index (χ0v) is 20.4. The number of rotatable bonds is 9. The summed E-state index contributed by atoms with van der Waals surface area (Å²) in [4.78, 5) is 32.2. The summed E-state index contributed by atoms with van der Waals surface area (Å²) in [5.74, 6) is -0.868. The zero-order chi connectivity index (χ0) is 25.5. The fourth-order valence-corrected chi connectivity index (χ4v) is 3.54. The second kappa shape index (κ2) is 11.4. The topological polar surface area (TPSA) is 145 Å². The van der Waals surface area contributed by atoms with Gasteiger partial charge in [0.1, 0.15) is 17.5 Å². The number of amidine groups is 1. The summed E-state index contributed by atoms with van der Waals surface area (Å²) in [6, 6.07) is 6.70. The Morgan fingerprint density at radius 3 is 2.74 bits per heavy atom. The highest BCUT2D eigenvalue weighted by Crippen LogP contribution is 2.25. The molecular weight excluding hydrogens is 472 g/mol. The summed E-state index contributed by atoms with van der Waals surface area (Å²) in [6.07, 6.45) is 3.60. The Hall–Kier alpha value is -3.97. The van der Waals surface area contributed by atoms with Gasteiger partial charge >= 0.3 is 5.97 Å². The van der Waals surface area contributed by atoms with Crippen LogP contribution < -0.4 is 10.5 Å². The minimum Gasteiger partial charge on any atom is -0.474 e. The first kappa shape index (κ1) is 25.6. The van der Waals surface area contributed by atoms with Gasteiger partial charge in [-0.2, -0.15) is 15.4 Å². The molecule has 0 saturated carbocycles. The van der Waals surface area contributed by atoms with E-state index in [-0.39, 0.29) is 46.4 Å². The molecule has 10 nitrogen and oxygen atoms in total. The lowest BCUT2D eigenvalue weighted by Gasteiger charge is -2.10. The van der Waals surface area contributed by atoms with Crippen molar-refractivity contribution in [3.8, 4) is 11.9 Å². The summed E-state index contributed by atoms with van der Waals surface area (Å²) >= 11 is 6.44. The number of nitrogens with zero attached hydrogens (tertiary/aromatic N) is 5. The second-order valence-electron chi connectivity index (χ2n) is 7.82. The normalized spacial score (nSPS) is 11.5. The number of nitrogens with two attached hydrogens (primary N) is 1. The monoisotopic (exact) mass is 496 g/mol. The van der Waals surface area contributed by atoms with Gasteiger partial charge in [0.05, 0.1) is 35.0 Å². The van der Waals surface area contributed by atoms with Crippen molar-refractivity contribution in [3.05, 3.63) is 52.3 Å². The van der Waals surface area contributed by atoms with Gasteiger partial charge in [0.25, 0.3) is 5.91 Å². The lowest BCUT2D eigenvalue weighted by Crippen LogP contribution is -2.17. The standard InChI is InChI=1S/C24H25ClN6O4/c1-4-34-21(32)6-5-7-31-20-10-19(25)18(9-16(20)13-29-31)22(27)30-23(33)17-8-15(11-26)24(28-12-17)35-14(2)3/h8-10,12-14H,4-7H2,1-3H3,(H2,27,30,33). The Kier molecular flexibility index (Phi) is 8.39. The molecule has 0 radical (unpaired) electrons. The predicted molar refractivity (Wildman–Crippen MR) is 130 cm³/mol. The molecule has 1 aromatic carbocycles. The first-order chi connectivity index (χ1) is 16.7. The Labute approximate surface area is 207 Å². The van der Waals surface area contributed by atoms with Gasteiger partial charge in [-0.15, -0.1) is 0 Å². The number of carbonyl (C=O) groups excluding carboxylic acids is 2. The van der Waals surface area contributed by atoms with Crippen LogP contribution in [0.25, 0.3) is 10.9 Å². The van der Waals surface area contributed by atoms with Crippen molar-refractivity contribution in [2.24, 2.45) is 10.7 Å². The predicted octanol–water partition coefficient (Wildman–Crippen LogP) is 3.63. The summed E-state index contributed by atoms with van der Waals surface area (Å²) in [5.41, 5.74) is 7.43. The number of aromatic nitrogens is 3. The minimum atomic E-state index is -0.673. The Morgan fingerprint density at radius 2 is 2.06 bits per heavy atom. The van der Waals surface area contributed by atoms with Crippen LogP contribution in [0.1, 0.15) is 55.1 Å². The Morgan fingerprint density at radius 1 is 1.29 bits per heavy atom. The molecule has 0 aliphatic rings. The Balaban J connectivity index is 1.80. The van der Waals surface area contributed by atoms with Crippen LogP contribution >= 0.6 is 11.6 Å². The number of amides is 1. The molecule has 0 aliphatic carbocycles. The van der Waals surface area contributed by atoms with E-state index in [1.165, 1.54) is 12.3 Å². The van der Waals surface area contributed by atoms with Crippen LogP contribution in [0, 0.1) is 11.3 Å². The van der Waals surface area contributed by atoms with Crippen LogP contribution in [0.2, 0.25) is 5.02 Å². The number of benzene rings is 1. The second-order valence-corrected chi connectivity index (χ2v) is 8.23. The highest BCUT2D eigenvalue weighted by molar-refractivity contribution is 6.35. The van der Waals surface area contributed by atoms with Crippen molar-refractivity contribution in [2.75, 3.05) is 6.61 Å². The quantitative estimate of drug-likeness (QED) is 0.268. The van der Waals surface area contributed by atoms with Crippen LogP contribution in [0.4, 0.5) is 0 Å². The summed E-state index contributed by atoms with van der Waals surface area (Å²) < 4.78 is 12.1. The van der Waals surface area contributed by atoms with Gasteiger partial charge in [0.15, 0.2) is 0 Å². The molecule has 0 saturated heterocycles. The lowest BCUT2D eigenvalue weighted by molar-refractivity contribution is -0.143. The third kappa shape index (κ3) is 6.33. The van der Waals surface area contributed by atoms with Gasteiger partial charge in [-0.05, 0) is 45.4 Å². The fraction of sp³-hybridized carbons (Fsp3) is 0.333. The molecular formula is C24H25ClN6O4. The first-order valence-corrected chi connectivity index (χ1v) is 11.4. The molecule has 0 atom stereocenters. The molecule has 2 aromatic heterocycles. The maximum atomic E-state index is 12.7. The van der Waals surface area contributed by atoms with Crippen LogP contribution in [-0.4, -0.2) is 45.2 Å². The molecule has 0 unspecified atom stereocenters. The lowest BCUT2D eigenvalue weighted by atomic mass is 10.1. The van der Waals surface area contributed by atoms with Crippen LogP contribution in [0.15, 0.2) is 35.6 Å². The number of fused-ring (bicyclic) bond motifs is 1. The van der Waals surface area contributed by atoms with E-state index in [2.05, 4.69) is 15.1 Å². The van der Waals surface area contributed by atoms with Gasteiger partial charge in [-0.25, -0.2) is 4.98 Å². The van der Waals surface area contributed by atoms with E-state index in [0.29, 0.717) is 25.1 Å². The molecule has 182 valence electrons. The number of carbonyl (C=O) groups is 2. The average molecular weight is 497 g/mol. The van der Waals surface area contributed by atoms with Crippen LogP contribution in [0.5, 0.6) is 5.88 Å². The molecule has 0 bridgehead atoms. The Bertz CT molecular complexity index is 1330. The number of aliphatic imine (C=N–C) groups is 1. The molecule has 2 N–H and O–H groups in total. The maximum Gasteiger partial charge on any atom is 0.305 e. The van der Waals surface area contributed by atoms with E-state index < -0.39 is 5.91 Å². The van der Waals surface area contributed by atoms with Crippen molar-refractivity contribution in [1.82, 2.24) is 14.8 Å². The van der Waals surface area contributed by atoms with Gasteiger partial charge in [-0.3, -0.25) is 14.3 Å². The number of pyridine rings is 1. The van der Waals surface area contributed by atoms with Crippen molar-refractivity contribution in [3.63, 3.8) is 0 Å². The smallest absolute Gasteiger partial charge is 0.305 e. The van der Waals surface area contributed by atoms with E-state index in [9.17, 15) is 14.9 Å². The molecule has 2 heterocycles. The molecule has 35 heavy (non-hydrogen) atoms. The summed E-state index contributed by atoms with van der Waals surface area (Å²) in [6.45, 7) is 6.23. The maximum absolute atomic E-state index is 12.7. The number of aryl methyl sites for hydroxylation is 1. The first-order valence-electron chi connectivity index (χ1n) is 11.0.